The quantitative estimate of drug-likeness (QED) is 0.656. The number of nitriles is 1. The lowest BCUT2D eigenvalue weighted by Crippen LogP contribution is -2.46. The predicted molar refractivity (Wildman–Crippen MR) is 110 cm³/mol. The summed E-state index contributed by atoms with van der Waals surface area (Å²) >= 11 is 0. The fourth-order valence-electron chi connectivity index (χ4n) is 3.28. The third-order valence-electron chi connectivity index (χ3n) is 4.74. The summed E-state index contributed by atoms with van der Waals surface area (Å²) in [6.45, 7) is 3.55. The molecule has 0 bridgehead atoms. The second-order valence-electron chi connectivity index (χ2n) is 6.81. The van der Waals surface area contributed by atoms with Crippen molar-refractivity contribution in [1.29, 1.82) is 5.26 Å². The van der Waals surface area contributed by atoms with Gasteiger partial charge in [0.1, 0.15) is 23.5 Å². The van der Waals surface area contributed by atoms with Crippen LogP contribution in [0.4, 0.5) is 27.8 Å². The molecule has 30 heavy (non-hydrogen) atoms. The minimum absolute atomic E-state index is 0.121. The van der Waals surface area contributed by atoms with Crippen molar-refractivity contribution >= 4 is 23.4 Å². The number of nitrogen functional groups attached to an aromatic ring is 1. The largest absolute Gasteiger partial charge is 0.368 e. The third kappa shape index (κ3) is 4.59. The van der Waals surface area contributed by atoms with Crippen molar-refractivity contribution in [2.45, 2.75) is 6.54 Å². The van der Waals surface area contributed by atoms with E-state index in [1.807, 2.05) is 0 Å². The van der Waals surface area contributed by atoms with E-state index in [1.165, 1.54) is 12.1 Å². The average Bonchev–Trinajstić information content (AvgIpc) is 2.75. The Morgan fingerprint density at radius 3 is 2.57 bits per heavy atom. The molecule has 0 amide bonds. The Morgan fingerprint density at radius 2 is 1.83 bits per heavy atom. The molecule has 3 heterocycles. The highest BCUT2D eigenvalue weighted by atomic mass is 19.1. The van der Waals surface area contributed by atoms with Gasteiger partial charge in [0.2, 0.25) is 11.9 Å². The number of aromatic nitrogens is 4. The molecule has 4 rings (SSSR count). The first-order chi connectivity index (χ1) is 14.6. The van der Waals surface area contributed by atoms with Gasteiger partial charge in [-0.25, -0.2) is 9.37 Å². The molecule has 0 radical (unpaired) electrons. The van der Waals surface area contributed by atoms with Crippen molar-refractivity contribution in [3.05, 3.63) is 59.8 Å². The zero-order valence-electron chi connectivity index (χ0n) is 16.2. The van der Waals surface area contributed by atoms with Crippen LogP contribution in [0.5, 0.6) is 0 Å². The van der Waals surface area contributed by atoms with Gasteiger partial charge in [0, 0.05) is 38.1 Å². The van der Waals surface area contributed by atoms with Gasteiger partial charge in [0.05, 0.1) is 12.1 Å². The fourth-order valence-corrected chi connectivity index (χ4v) is 3.28. The molecule has 2 aromatic heterocycles. The molecule has 1 aliphatic heterocycles. The summed E-state index contributed by atoms with van der Waals surface area (Å²) in [6.07, 6.45) is 1.70. The number of hydrogen-bond donors (Lipinski definition) is 2. The molecule has 1 aromatic carbocycles. The summed E-state index contributed by atoms with van der Waals surface area (Å²) < 4.78 is 13.1. The van der Waals surface area contributed by atoms with Crippen LogP contribution in [-0.2, 0) is 6.54 Å². The lowest BCUT2D eigenvalue weighted by molar-refractivity contribution is 0.243. The zero-order valence-corrected chi connectivity index (χ0v) is 16.2. The van der Waals surface area contributed by atoms with Crippen LogP contribution in [0.1, 0.15) is 11.4 Å². The summed E-state index contributed by atoms with van der Waals surface area (Å²) in [7, 11) is 0. The van der Waals surface area contributed by atoms with E-state index in [2.05, 4.69) is 41.1 Å². The van der Waals surface area contributed by atoms with Gasteiger partial charge < -0.3 is 16.0 Å². The highest BCUT2D eigenvalue weighted by Gasteiger charge is 2.21. The molecule has 0 saturated carbocycles. The number of piperazine rings is 1. The Hall–Kier alpha value is -3.84. The molecule has 1 aliphatic rings. The molecule has 0 unspecified atom stereocenters. The van der Waals surface area contributed by atoms with Crippen LogP contribution in [0, 0.1) is 17.1 Å². The van der Waals surface area contributed by atoms with Gasteiger partial charge >= 0.3 is 0 Å². The SMILES string of the molecule is N#Cc1cccnc1N1CCN(Cc2nc(N)nc(Nc3ccc(F)cc3)n2)CC1. The van der Waals surface area contributed by atoms with Gasteiger partial charge in [-0.05, 0) is 36.4 Å². The summed E-state index contributed by atoms with van der Waals surface area (Å²) in [6, 6.07) is 11.6. The van der Waals surface area contributed by atoms with Crippen molar-refractivity contribution in [3.8, 4) is 6.07 Å². The fraction of sp³-hybridized carbons (Fsp3) is 0.250. The topological polar surface area (TPSA) is 120 Å². The van der Waals surface area contributed by atoms with E-state index in [-0.39, 0.29) is 11.8 Å². The van der Waals surface area contributed by atoms with Gasteiger partial charge in [0.25, 0.3) is 0 Å². The van der Waals surface area contributed by atoms with Gasteiger partial charge in [-0.2, -0.15) is 20.2 Å². The molecular weight excluding hydrogens is 385 g/mol. The van der Waals surface area contributed by atoms with Crippen LogP contribution in [-0.4, -0.2) is 51.0 Å². The second-order valence-corrected chi connectivity index (χ2v) is 6.81. The normalized spacial score (nSPS) is 14.3. The molecule has 3 N–H and O–H groups in total. The van der Waals surface area contributed by atoms with Crippen molar-refractivity contribution in [3.63, 3.8) is 0 Å². The van der Waals surface area contributed by atoms with Crippen LogP contribution in [0.15, 0.2) is 42.6 Å². The maximum atomic E-state index is 13.1. The molecule has 0 atom stereocenters. The molecule has 10 heteroatoms. The molecule has 3 aromatic rings. The van der Waals surface area contributed by atoms with E-state index < -0.39 is 0 Å². The van der Waals surface area contributed by atoms with Crippen LogP contribution in [0.2, 0.25) is 0 Å². The van der Waals surface area contributed by atoms with Crippen molar-refractivity contribution in [1.82, 2.24) is 24.8 Å². The Bertz CT molecular complexity index is 1060. The number of halogens is 1. The van der Waals surface area contributed by atoms with Crippen molar-refractivity contribution in [2.24, 2.45) is 0 Å². The predicted octanol–water partition coefficient (Wildman–Crippen LogP) is 1.93. The van der Waals surface area contributed by atoms with E-state index in [1.54, 1.807) is 30.5 Å². The first kappa shape index (κ1) is 19.5. The number of nitrogens with one attached hydrogen (secondary N) is 1. The minimum Gasteiger partial charge on any atom is -0.368 e. The first-order valence-corrected chi connectivity index (χ1v) is 9.46. The van der Waals surface area contributed by atoms with Crippen LogP contribution in [0.25, 0.3) is 0 Å². The van der Waals surface area contributed by atoms with E-state index >= 15 is 0 Å². The lowest BCUT2D eigenvalue weighted by Gasteiger charge is -2.35. The van der Waals surface area contributed by atoms with Gasteiger partial charge in [0.15, 0.2) is 0 Å². The molecule has 0 aliphatic carbocycles. The van der Waals surface area contributed by atoms with Gasteiger partial charge in [-0.3, -0.25) is 4.90 Å². The van der Waals surface area contributed by atoms with Crippen LogP contribution >= 0.6 is 0 Å². The molecule has 1 saturated heterocycles. The number of hydrogen-bond acceptors (Lipinski definition) is 9. The third-order valence-corrected chi connectivity index (χ3v) is 4.74. The van der Waals surface area contributed by atoms with E-state index in [0.717, 1.165) is 32.0 Å². The highest BCUT2D eigenvalue weighted by molar-refractivity contribution is 5.54. The molecule has 1 fully saturated rings. The second kappa shape index (κ2) is 8.67. The number of benzene rings is 1. The van der Waals surface area contributed by atoms with Crippen molar-refractivity contribution in [2.75, 3.05) is 42.1 Å². The number of nitrogens with zero attached hydrogens (tertiary/aromatic N) is 7. The average molecular weight is 405 g/mol. The summed E-state index contributed by atoms with van der Waals surface area (Å²) in [5, 5.41) is 12.3. The number of anilines is 4. The smallest absolute Gasteiger partial charge is 0.232 e. The Balaban J connectivity index is 1.40. The lowest BCUT2D eigenvalue weighted by atomic mass is 10.2. The highest BCUT2D eigenvalue weighted by Crippen LogP contribution is 2.19. The summed E-state index contributed by atoms with van der Waals surface area (Å²) in [4.78, 5) is 21.4. The maximum absolute atomic E-state index is 13.1. The monoisotopic (exact) mass is 405 g/mol. The Morgan fingerprint density at radius 1 is 1.07 bits per heavy atom. The van der Waals surface area contributed by atoms with Crippen molar-refractivity contribution < 1.29 is 4.39 Å². The van der Waals surface area contributed by atoms with E-state index in [4.69, 9.17) is 5.73 Å². The summed E-state index contributed by atoms with van der Waals surface area (Å²) in [5.41, 5.74) is 7.08. The van der Waals surface area contributed by atoms with Gasteiger partial charge in [-0.15, -0.1) is 0 Å². The van der Waals surface area contributed by atoms with E-state index in [0.29, 0.717) is 29.6 Å². The molecular formula is C20H20FN9. The van der Waals surface area contributed by atoms with E-state index in [9.17, 15) is 9.65 Å². The first-order valence-electron chi connectivity index (χ1n) is 9.46. The zero-order chi connectivity index (χ0) is 20.9. The molecule has 0 spiro atoms. The van der Waals surface area contributed by atoms with Crippen LogP contribution in [0.3, 0.4) is 0 Å². The number of pyridine rings is 1. The Labute approximate surface area is 173 Å². The Kier molecular flexibility index (Phi) is 5.63. The van der Waals surface area contributed by atoms with Gasteiger partial charge in [-0.1, -0.05) is 0 Å². The maximum Gasteiger partial charge on any atom is 0.232 e. The summed E-state index contributed by atoms with van der Waals surface area (Å²) in [5.74, 6) is 1.39. The number of nitrogens with two attached hydrogens (primary N) is 1. The number of rotatable bonds is 5. The minimum atomic E-state index is -0.317. The molecule has 152 valence electrons. The standard InChI is InChI=1S/C20H20FN9/c21-15-3-5-16(6-4-15)25-20-27-17(26-19(23)28-20)13-29-8-10-30(11-9-29)18-14(12-22)2-1-7-24-18/h1-7H,8-11,13H2,(H3,23,25,26,27,28). The molecule has 9 nitrogen and oxygen atoms in total. The van der Waals surface area contributed by atoms with Crippen LogP contribution < -0.4 is 16.0 Å².